The van der Waals surface area contributed by atoms with Gasteiger partial charge in [0.2, 0.25) is 0 Å². The van der Waals surface area contributed by atoms with Crippen molar-refractivity contribution in [3.63, 3.8) is 0 Å². The van der Waals surface area contributed by atoms with E-state index in [0.717, 1.165) is 5.75 Å². The number of carbonyl (C=O) groups is 1. The average Bonchev–Trinajstić information content (AvgIpc) is 2.76. The Hall–Kier alpha value is -0.690. The Bertz CT molecular complexity index is 322. The normalized spacial score (nSPS) is 26.6. The lowest BCUT2D eigenvalue weighted by molar-refractivity contribution is -0.139. The number of carboxylic acids is 1. The number of H-pyrrole nitrogens is 1. The minimum Gasteiger partial charge on any atom is -0.480 e. The lowest BCUT2D eigenvalue weighted by atomic mass is 10.1. The summed E-state index contributed by atoms with van der Waals surface area (Å²) in [5.74, 6) is 0.769. The molecule has 2 heterocycles. The van der Waals surface area contributed by atoms with Crippen molar-refractivity contribution < 1.29 is 9.90 Å². The Morgan fingerprint density at radius 2 is 2.64 bits per heavy atom. The Morgan fingerprint density at radius 3 is 3.14 bits per heavy atom. The second kappa shape index (κ2) is 3.82. The molecule has 0 bridgehead atoms. The van der Waals surface area contributed by atoms with E-state index in [1.165, 1.54) is 18.1 Å². The first-order valence-electron chi connectivity index (χ1n) is 4.08. The molecular weight excluding hydrogens is 222 g/mol. The number of hydrogen-bond donors (Lipinski definition) is 2. The van der Waals surface area contributed by atoms with Gasteiger partial charge in [-0.15, -0.1) is 0 Å². The zero-order valence-corrected chi connectivity index (χ0v) is 8.90. The van der Waals surface area contributed by atoms with E-state index in [9.17, 15) is 4.79 Å². The lowest BCUT2D eigenvalue weighted by Crippen LogP contribution is -2.34. The van der Waals surface area contributed by atoms with Crippen LogP contribution in [0.25, 0.3) is 0 Å². The summed E-state index contributed by atoms with van der Waals surface area (Å²) in [4.78, 5) is 15.1. The molecule has 0 saturated carbocycles. The van der Waals surface area contributed by atoms with E-state index >= 15 is 0 Å². The van der Waals surface area contributed by atoms with Crippen LogP contribution in [0.2, 0.25) is 0 Å². The van der Waals surface area contributed by atoms with Crippen molar-refractivity contribution in [3.8, 4) is 0 Å². The maximum atomic E-state index is 11.2. The summed E-state index contributed by atoms with van der Waals surface area (Å²) in [7, 11) is 0. The Morgan fingerprint density at radius 1 is 1.79 bits per heavy atom. The molecule has 7 heteroatoms. The Kier molecular flexibility index (Phi) is 2.69. The van der Waals surface area contributed by atoms with Crippen molar-refractivity contribution >= 4 is 29.5 Å². The van der Waals surface area contributed by atoms with Crippen LogP contribution in [0, 0.1) is 0 Å². The van der Waals surface area contributed by atoms with Crippen LogP contribution in [0.3, 0.4) is 0 Å². The van der Waals surface area contributed by atoms with Gasteiger partial charge < -0.3 is 5.11 Å². The molecule has 14 heavy (non-hydrogen) atoms. The molecule has 1 atom stereocenters. The number of hydrogen-bond acceptors (Lipinski definition) is 5. The number of nitrogens with one attached hydrogen (secondary N) is 1. The monoisotopic (exact) mass is 231 g/mol. The molecule has 1 unspecified atom stereocenters. The van der Waals surface area contributed by atoms with E-state index in [0.29, 0.717) is 17.3 Å². The minimum absolute atomic E-state index is 0.579. The predicted molar refractivity (Wildman–Crippen MR) is 54.5 cm³/mol. The first-order valence-corrected chi connectivity index (χ1v) is 6.06. The first kappa shape index (κ1) is 9.85. The Labute approximate surface area is 89.1 Å². The largest absolute Gasteiger partial charge is 0.480 e. The molecule has 1 fully saturated rings. The van der Waals surface area contributed by atoms with Crippen LogP contribution in [-0.2, 0) is 4.79 Å². The molecule has 1 aromatic rings. The van der Waals surface area contributed by atoms with Gasteiger partial charge in [-0.2, -0.15) is 16.9 Å². The van der Waals surface area contributed by atoms with E-state index < -0.39 is 10.7 Å². The number of aromatic nitrogens is 3. The summed E-state index contributed by atoms with van der Waals surface area (Å²) in [5, 5.41) is 16.1. The van der Waals surface area contributed by atoms with Gasteiger partial charge in [-0.1, -0.05) is 11.8 Å². The van der Waals surface area contributed by atoms with E-state index in [2.05, 4.69) is 15.2 Å². The number of aromatic amines is 1. The van der Waals surface area contributed by atoms with Crippen LogP contribution >= 0.6 is 23.5 Å². The van der Waals surface area contributed by atoms with Crippen molar-refractivity contribution in [3.05, 3.63) is 6.33 Å². The highest BCUT2D eigenvalue weighted by Crippen LogP contribution is 2.42. The molecular formula is C7H9N3O2S2. The van der Waals surface area contributed by atoms with Gasteiger partial charge in [0.15, 0.2) is 5.16 Å². The molecule has 1 aromatic heterocycles. The summed E-state index contributed by atoms with van der Waals surface area (Å²) >= 11 is 2.93. The molecule has 2 rings (SSSR count). The fourth-order valence-electron chi connectivity index (χ4n) is 1.27. The highest BCUT2D eigenvalue weighted by atomic mass is 32.2. The number of aliphatic carboxylic acids is 1. The molecule has 0 aromatic carbocycles. The van der Waals surface area contributed by atoms with E-state index in [1.807, 2.05) is 0 Å². The smallest absolute Gasteiger partial charge is 0.321 e. The second-order valence-corrected chi connectivity index (χ2v) is 5.47. The van der Waals surface area contributed by atoms with Crippen LogP contribution in [0.1, 0.15) is 6.42 Å². The van der Waals surface area contributed by atoms with Crippen molar-refractivity contribution in [2.75, 3.05) is 11.5 Å². The predicted octanol–water partition coefficient (Wildman–Crippen LogP) is 0.857. The van der Waals surface area contributed by atoms with Crippen LogP contribution in [-0.4, -0.2) is 42.5 Å². The van der Waals surface area contributed by atoms with Crippen molar-refractivity contribution in [1.82, 2.24) is 15.2 Å². The maximum absolute atomic E-state index is 11.2. The van der Waals surface area contributed by atoms with E-state index in [1.54, 1.807) is 11.8 Å². The zero-order chi connectivity index (χ0) is 10.0. The lowest BCUT2D eigenvalue weighted by Gasteiger charge is -2.19. The third-order valence-electron chi connectivity index (χ3n) is 2.06. The number of rotatable bonds is 3. The summed E-state index contributed by atoms with van der Waals surface area (Å²) in [5.41, 5.74) is 0. The van der Waals surface area contributed by atoms with Gasteiger partial charge in [0.1, 0.15) is 11.1 Å². The molecule has 0 spiro atoms. The highest BCUT2D eigenvalue weighted by Gasteiger charge is 2.43. The van der Waals surface area contributed by atoms with E-state index in [-0.39, 0.29) is 0 Å². The fourth-order valence-corrected chi connectivity index (χ4v) is 3.98. The topological polar surface area (TPSA) is 78.9 Å². The number of carboxylic acid groups (broad SMARTS) is 1. The fraction of sp³-hybridized carbons (Fsp3) is 0.571. The van der Waals surface area contributed by atoms with Gasteiger partial charge in [-0.3, -0.25) is 9.89 Å². The SMILES string of the molecule is O=C(O)C1(Sc2ncn[nH]2)CCSC1. The van der Waals surface area contributed by atoms with Gasteiger partial charge in [0.05, 0.1) is 0 Å². The molecule has 0 aliphatic carbocycles. The van der Waals surface area contributed by atoms with Crippen LogP contribution < -0.4 is 0 Å². The van der Waals surface area contributed by atoms with Crippen LogP contribution in [0.4, 0.5) is 0 Å². The molecule has 1 aliphatic heterocycles. The van der Waals surface area contributed by atoms with E-state index in [4.69, 9.17) is 5.11 Å². The summed E-state index contributed by atoms with van der Waals surface area (Å²) < 4.78 is -0.718. The van der Waals surface area contributed by atoms with Gasteiger partial charge in [-0.05, 0) is 12.2 Å². The second-order valence-electron chi connectivity index (χ2n) is 2.99. The summed E-state index contributed by atoms with van der Waals surface area (Å²) in [6, 6.07) is 0. The van der Waals surface area contributed by atoms with Crippen LogP contribution in [0.15, 0.2) is 11.5 Å². The number of thioether (sulfide) groups is 2. The summed E-state index contributed by atoms with van der Waals surface area (Å²) in [6.45, 7) is 0. The maximum Gasteiger partial charge on any atom is 0.321 e. The molecule has 1 saturated heterocycles. The number of nitrogens with zero attached hydrogens (tertiary/aromatic N) is 2. The standard InChI is InChI=1S/C7H9N3O2S2/c11-5(12)7(1-2-13-3-7)14-6-8-4-9-10-6/h4H,1-3H2,(H,11,12)(H,8,9,10). The quantitative estimate of drug-likeness (QED) is 0.803. The van der Waals surface area contributed by atoms with Crippen molar-refractivity contribution in [2.45, 2.75) is 16.3 Å². The molecule has 0 radical (unpaired) electrons. The van der Waals surface area contributed by atoms with Crippen molar-refractivity contribution in [1.29, 1.82) is 0 Å². The molecule has 1 aliphatic rings. The van der Waals surface area contributed by atoms with Gasteiger partial charge in [-0.25, -0.2) is 4.98 Å². The summed E-state index contributed by atoms with van der Waals surface area (Å²) in [6.07, 6.45) is 2.07. The van der Waals surface area contributed by atoms with Gasteiger partial charge >= 0.3 is 5.97 Å². The minimum atomic E-state index is -0.760. The highest BCUT2D eigenvalue weighted by molar-refractivity contribution is 8.05. The molecule has 76 valence electrons. The molecule has 5 nitrogen and oxygen atoms in total. The zero-order valence-electron chi connectivity index (χ0n) is 7.27. The first-order chi connectivity index (χ1) is 6.73. The molecule has 2 N–H and O–H groups in total. The average molecular weight is 231 g/mol. The Balaban J connectivity index is 2.16. The third-order valence-corrected chi connectivity index (χ3v) is 4.74. The van der Waals surface area contributed by atoms with Gasteiger partial charge in [0, 0.05) is 5.75 Å². The molecule has 0 amide bonds. The van der Waals surface area contributed by atoms with Gasteiger partial charge in [0.25, 0.3) is 0 Å². The third kappa shape index (κ3) is 1.74. The van der Waals surface area contributed by atoms with Crippen LogP contribution in [0.5, 0.6) is 0 Å². The van der Waals surface area contributed by atoms with Crippen molar-refractivity contribution in [2.24, 2.45) is 0 Å².